The monoisotopic (exact) mass is 552 g/mol. The molecule has 8 nitrogen and oxygen atoms in total. The van der Waals surface area contributed by atoms with Crippen molar-refractivity contribution in [3.63, 3.8) is 0 Å². The Bertz CT molecular complexity index is 1520. The summed E-state index contributed by atoms with van der Waals surface area (Å²) in [6, 6.07) is 16.0. The highest BCUT2D eigenvalue weighted by Crippen LogP contribution is 2.44. The summed E-state index contributed by atoms with van der Waals surface area (Å²) < 4.78 is 45.6. The number of pyridine rings is 1. The predicted octanol–water partition coefficient (Wildman–Crippen LogP) is 5.34. The summed E-state index contributed by atoms with van der Waals surface area (Å²) in [4.78, 5) is 29.1. The number of piperidine rings is 1. The van der Waals surface area contributed by atoms with E-state index in [2.05, 4.69) is 4.98 Å². The van der Waals surface area contributed by atoms with Crippen molar-refractivity contribution in [2.45, 2.75) is 31.2 Å². The van der Waals surface area contributed by atoms with Crippen LogP contribution in [0.1, 0.15) is 34.3 Å². The Balaban J connectivity index is 1.46. The second kappa shape index (κ2) is 10.8. The Kier molecular flexibility index (Phi) is 7.43. The van der Waals surface area contributed by atoms with Crippen molar-refractivity contribution >= 4 is 22.4 Å². The van der Waals surface area contributed by atoms with E-state index in [1.54, 1.807) is 42.6 Å². The SMILES string of the molecule is O=C(c1cccnc1)C1CCN(CC(O)(c2cn(Cc3ccccc3)c3cc([N+](=O)[O-])ccc23)C(F)(F)F)CC1. The average molecular weight is 553 g/mol. The van der Waals surface area contributed by atoms with Crippen LogP contribution in [0.5, 0.6) is 0 Å². The number of halogens is 3. The maximum atomic E-state index is 14.7. The molecular weight excluding hydrogens is 525 g/mol. The topological polar surface area (TPSA) is 102 Å². The molecular formula is C29H27F3N4O4. The standard InChI is InChI=1S/C29H27F3N4O4/c30-29(31,32)28(38,19-34-13-10-21(11-14-34)27(37)22-7-4-12-33-16-22)25-18-35(17-20-5-2-1-3-6-20)26-15-23(36(39)40)8-9-24(25)26/h1-9,12,15-16,18,21,38H,10-11,13-14,17,19H2. The number of alkyl halides is 3. The number of carbonyl (C=O) groups is 1. The third kappa shape index (κ3) is 5.34. The van der Waals surface area contributed by atoms with Crippen molar-refractivity contribution in [1.29, 1.82) is 0 Å². The maximum Gasteiger partial charge on any atom is 0.422 e. The molecule has 5 rings (SSSR count). The smallest absolute Gasteiger partial charge is 0.375 e. The molecule has 0 radical (unpaired) electrons. The number of nitro groups is 1. The van der Waals surface area contributed by atoms with Gasteiger partial charge in [-0.15, -0.1) is 0 Å². The first-order valence-corrected chi connectivity index (χ1v) is 12.8. The molecule has 0 aliphatic carbocycles. The highest BCUT2D eigenvalue weighted by molar-refractivity contribution is 5.97. The van der Waals surface area contributed by atoms with E-state index in [9.17, 15) is 33.2 Å². The lowest BCUT2D eigenvalue weighted by Gasteiger charge is -2.38. The number of fused-ring (bicyclic) bond motifs is 1. The van der Waals surface area contributed by atoms with E-state index in [1.165, 1.54) is 34.0 Å². The van der Waals surface area contributed by atoms with E-state index in [-0.39, 0.29) is 53.5 Å². The number of likely N-dealkylation sites (tertiary alicyclic amines) is 1. The second-order valence-corrected chi connectivity index (χ2v) is 10.1. The number of benzene rings is 2. The quantitative estimate of drug-likeness (QED) is 0.180. The van der Waals surface area contributed by atoms with Gasteiger partial charge < -0.3 is 9.67 Å². The van der Waals surface area contributed by atoms with Crippen LogP contribution in [0.25, 0.3) is 10.9 Å². The van der Waals surface area contributed by atoms with Gasteiger partial charge in [0.2, 0.25) is 5.60 Å². The van der Waals surface area contributed by atoms with Crippen molar-refractivity contribution in [1.82, 2.24) is 14.5 Å². The molecule has 208 valence electrons. The third-order valence-electron chi connectivity index (χ3n) is 7.54. The van der Waals surface area contributed by atoms with E-state index < -0.39 is 23.2 Å². The Morgan fingerprint density at radius 1 is 1.07 bits per heavy atom. The summed E-state index contributed by atoms with van der Waals surface area (Å²) in [5, 5.41) is 22.9. The van der Waals surface area contributed by atoms with Crippen LogP contribution in [0.3, 0.4) is 0 Å². The zero-order valence-electron chi connectivity index (χ0n) is 21.4. The molecule has 2 aromatic heterocycles. The number of hydrogen-bond donors (Lipinski definition) is 1. The van der Waals surface area contributed by atoms with E-state index in [0.29, 0.717) is 18.4 Å². The zero-order chi connectivity index (χ0) is 28.5. The number of Topliss-reactive ketones (excluding diaryl/α,β-unsaturated/α-hetero) is 1. The van der Waals surface area contributed by atoms with E-state index in [0.717, 1.165) is 11.6 Å². The molecule has 1 aliphatic rings. The normalized spacial score (nSPS) is 16.6. The van der Waals surface area contributed by atoms with Gasteiger partial charge in [-0.05, 0) is 49.7 Å². The number of rotatable bonds is 8. The van der Waals surface area contributed by atoms with Crippen LogP contribution < -0.4 is 0 Å². The van der Waals surface area contributed by atoms with Gasteiger partial charge in [0.25, 0.3) is 5.69 Å². The number of aliphatic hydroxyl groups is 1. The van der Waals surface area contributed by atoms with Crippen LogP contribution >= 0.6 is 0 Å². The van der Waals surface area contributed by atoms with Crippen molar-refractivity contribution in [2.75, 3.05) is 19.6 Å². The van der Waals surface area contributed by atoms with Gasteiger partial charge in [-0.1, -0.05) is 30.3 Å². The lowest BCUT2D eigenvalue weighted by Crippen LogP contribution is -2.52. The number of ketones is 1. The van der Waals surface area contributed by atoms with Crippen molar-refractivity contribution in [2.24, 2.45) is 5.92 Å². The predicted molar refractivity (Wildman–Crippen MR) is 142 cm³/mol. The molecule has 11 heteroatoms. The highest BCUT2D eigenvalue weighted by Gasteiger charge is 2.57. The van der Waals surface area contributed by atoms with Gasteiger partial charge in [0.05, 0.1) is 10.4 Å². The molecule has 3 heterocycles. The number of nitro benzene ring substituents is 1. The lowest BCUT2D eigenvalue weighted by molar-refractivity contribution is -0.384. The molecule has 0 spiro atoms. The Morgan fingerprint density at radius 3 is 2.42 bits per heavy atom. The molecule has 1 fully saturated rings. The van der Waals surface area contributed by atoms with Crippen molar-refractivity contribution < 1.29 is 28.0 Å². The Morgan fingerprint density at radius 2 is 1.80 bits per heavy atom. The Labute approximate surface area is 227 Å². The van der Waals surface area contributed by atoms with Crippen LogP contribution in [0.4, 0.5) is 18.9 Å². The molecule has 1 unspecified atom stereocenters. The molecule has 1 saturated heterocycles. The molecule has 4 aromatic rings. The van der Waals surface area contributed by atoms with Gasteiger partial charge >= 0.3 is 6.18 Å². The zero-order valence-corrected chi connectivity index (χ0v) is 21.4. The number of nitrogens with zero attached hydrogens (tertiary/aromatic N) is 4. The van der Waals surface area contributed by atoms with Gasteiger partial charge in [-0.25, -0.2) is 0 Å². The molecule has 1 atom stereocenters. The largest absolute Gasteiger partial charge is 0.422 e. The van der Waals surface area contributed by atoms with Crippen LogP contribution in [0.15, 0.2) is 79.3 Å². The number of carbonyl (C=O) groups excluding carboxylic acids is 1. The first-order valence-electron chi connectivity index (χ1n) is 12.8. The number of aromatic nitrogens is 2. The minimum absolute atomic E-state index is 0.0861. The molecule has 0 bridgehead atoms. The molecule has 40 heavy (non-hydrogen) atoms. The fourth-order valence-electron chi connectivity index (χ4n) is 5.38. The summed E-state index contributed by atoms with van der Waals surface area (Å²) in [5.74, 6) is -0.433. The fourth-order valence-corrected chi connectivity index (χ4v) is 5.38. The molecule has 1 aliphatic heterocycles. The summed E-state index contributed by atoms with van der Waals surface area (Å²) in [6.45, 7) is -0.174. The molecule has 0 saturated carbocycles. The van der Waals surface area contributed by atoms with Gasteiger partial charge in [0.15, 0.2) is 5.78 Å². The molecule has 1 N–H and O–H groups in total. The minimum Gasteiger partial charge on any atom is -0.375 e. The highest BCUT2D eigenvalue weighted by atomic mass is 19.4. The van der Waals surface area contributed by atoms with E-state index in [1.807, 2.05) is 6.07 Å². The second-order valence-electron chi connectivity index (χ2n) is 10.1. The van der Waals surface area contributed by atoms with Gasteiger partial charge in [-0.2, -0.15) is 13.2 Å². The van der Waals surface area contributed by atoms with Gasteiger partial charge in [-0.3, -0.25) is 24.8 Å². The number of hydrogen-bond acceptors (Lipinski definition) is 6. The Hall–Kier alpha value is -4.09. The van der Waals surface area contributed by atoms with Gasteiger partial charge in [0, 0.05) is 66.2 Å². The molecule has 0 amide bonds. The summed E-state index contributed by atoms with van der Waals surface area (Å²) in [5.41, 5.74) is -2.40. The van der Waals surface area contributed by atoms with E-state index >= 15 is 0 Å². The first kappa shape index (κ1) is 27.5. The van der Waals surface area contributed by atoms with Crippen LogP contribution in [0.2, 0.25) is 0 Å². The summed E-state index contributed by atoms with van der Waals surface area (Å²) in [7, 11) is 0. The summed E-state index contributed by atoms with van der Waals surface area (Å²) in [6.07, 6.45) is -0.0527. The average Bonchev–Trinajstić information content (AvgIpc) is 3.31. The summed E-state index contributed by atoms with van der Waals surface area (Å²) >= 11 is 0. The van der Waals surface area contributed by atoms with Crippen molar-refractivity contribution in [3.8, 4) is 0 Å². The van der Waals surface area contributed by atoms with Crippen molar-refractivity contribution in [3.05, 3.63) is 106 Å². The van der Waals surface area contributed by atoms with Gasteiger partial charge in [0.1, 0.15) is 0 Å². The number of non-ortho nitro benzene ring substituents is 1. The lowest BCUT2D eigenvalue weighted by atomic mass is 9.87. The first-order chi connectivity index (χ1) is 19.1. The maximum absolute atomic E-state index is 14.7. The minimum atomic E-state index is -5.04. The third-order valence-corrected chi connectivity index (χ3v) is 7.54. The van der Waals surface area contributed by atoms with Crippen LogP contribution in [-0.4, -0.2) is 56.1 Å². The van der Waals surface area contributed by atoms with Crippen LogP contribution in [-0.2, 0) is 12.1 Å². The van der Waals surface area contributed by atoms with Crippen LogP contribution in [0, 0.1) is 16.0 Å². The molecule has 2 aromatic carbocycles. The van der Waals surface area contributed by atoms with E-state index in [4.69, 9.17) is 0 Å². The fraction of sp³-hybridized carbons (Fsp3) is 0.310. The number of β-amino-alcohol motifs (C(OH)–C–C–N with tert-alkyl or cyclic N) is 1.